The summed E-state index contributed by atoms with van der Waals surface area (Å²) in [5, 5.41) is 0.574. The van der Waals surface area contributed by atoms with Gasteiger partial charge in [0.2, 0.25) is 0 Å². The van der Waals surface area contributed by atoms with Crippen LogP contribution in [-0.2, 0) is 4.74 Å². The van der Waals surface area contributed by atoms with Gasteiger partial charge in [0, 0.05) is 25.2 Å². The monoisotopic (exact) mass is 388 g/mol. The smallest absolute Gasteiger partial charge is 0.410 e. The Kier molecular flexibility index (Phi) is 4.38. The zero-order valence-electron chi connectivity index (χ0n) is 15.3. The van der Waals surface area contributed by atoms with Crippen molar-refractivity contribution in [3.8, 4) is 11.3 Å². The van der Waals surface area contributed by atoms with Crippen molar-refractivity contribution in [2.24, 2.45) is 0 Å². The number of ether oxygens (including phenoxy) is 1. The normalized spacial score (nSPS) is 22.0. The third-order valence-corrected chi connectivity index (χ3v) is 5.90. The SMILES string of the molecule is CCC12COC(=O)N1CCN(C(=O)c1cc(-c3ccccc3Cl)oc1C)C2. The summed E-state index contributed by atoms with van der Waals surface area (Å²) in [6, 6.07) is 9.13. The van der Waals surface area contributed by atoms with Crippen molar-refractivity contribution in [2.45, 2.75) is 25.8 Å². The van der Waals surface area contributed by atoms with Crippen LogP contribution in [0, 0.1) is 6.92 Å². The highest BCUT2D eigenvalue weighted by Crippen LogP contribution is 2.34. The number of furan rings is 1. The van der Waals surface area contributed by atoms with Gasteiger partial charge in [0.1, 0.15) is 18.1 Å². The van der Waals surface area contributed by atoms with Crippen LogP contribution in [0.15, 0.2) is 34.7 Å². The summed E-state index contributed by atoms with van der Waals surface area (Å²) in [6.45, 7) is 5.53. The van der Waals surface area contributed by atoms with Gasteiger partial charge < -0.3 is 14.1 Å². The van der Waals surface area contributed by atoms with Gasteiger partial charge in [-0.2, -0.15) is 0 Å². The number of rotatable bonds is 3. The lowest BCUT2D eigenvalue weighted by Gasteiger charge is -2.44. The van der Waals surface area contributed by atoms with Gasteiger partial charge in [0.15, 0.2) is 0 Å². The van der Waals surface area contributed by atoms with Crippen molar-refractivity contribution in [1.82, 2.24) is 9.80 Å². The summed E-state index contributed by atoms with van der Waals surface area (Å²) in [6.07, 6.45) is 0.446. The van der Waals surface area contributed by atoms with Gasteiger partial charge in [-0.05, 0) is 31.5 Å². The molecule has 0 spiro atoms. The van der Waals surface area contributed by atoms with Crippen LogP contribution >= 0.6 is 11.6 Å². The molecule has 2 aliphatic heterocycles. The number of hydrogen-bond acceptors (Lipinski definition) is 4. The van der Waals surface area contributed by atoms with Crippen molar-refractivity contribution in [3.05, 3.63) is 46.7 Å². The molecule has 2 saturated heterocycles. The lowest BCUT2D eigenvalue weighted by atomic mass is 9.92. The van der Waals surface area contributed by atoms with E-state index >= 15 is 0 Å². The second kappa shape index (κ2) is 6.60. The second-order valence-corrected chi connectivity index (χ2v) is 7.48. The van der Waals surface area contributed by atoms with Gasteiger partial charge in [-0.3, -0.25) is 9.69 Å². The minimum absolute atomic E-state index is 0.0959. The van der Waals surface area contributed by atoms with E-state index in [1.54, 1.807) is 28.9 Å². The Bertz CT molecular complexity index is 909. The average Bonchev–Trinajstić information content (AvgIpc) is 3.22. The van der Waals surface area contributed by atoms with Gasteiger partial charge in [-0.25, -0.2) is 4.79 Å². The number of aryl methyl sites for hydroxylation is 1. The number of benzene rings is 1. The van der Waals surface area contributed by atoms with Crippen molar-refractivity contribution in [3.63, 3.8) is 0 Å². The van der Waals surface area contributed by atoms with Gasteiger partial charge in [-0.15, -0.1) is 0 Å². The Balaban J connectivity index is 1.61. The minimum atomic E-state index is -0.436. The zero-order valence-corrected chi connectivity index (χ0v) is 16.1. The van der Waals surface area contributed by atoms with E-state index in [4.69, 9.17) is 20.8 Å². The van der Waals surface area contributed by atoms with Crippen LogP contribution in [0.4, 0.5) is 4.79 Å². The van der Waals surface area contributed by atoms with Crippen LogP contribution in [-0.4, -0.2) is 53.6 Å². The number of halogens is 1. The van der Waals surface area contributed by atoms with E-state index in [0.29, 0.717) is 48.3 Å². The molecule has 3 heterocycles. The molecule has 2 amide bonds. The van der Waals surface area contributed by atoms with E-state index in [1.165, 1.54) is 0 Å². The molecule has 0 saturated carbocycles. The van der Waals surface area contributed by atoms with Crippen LogP contribution in [0.2, 0.25) is 5.02 Å². The number of nitrogens with zero attached hydrogens (tertiary/aromatic N) is 2. The van der Waals surface area contributed by atoms with Crippen LogP contribution in [0.3, 0.4) is 0 Å². The van der Waals surface area contributed by atoms with E-state index in [2.05, 4.69) is 0 Å². The molecule has 2 aliphatic rings. The number of cyclic esters (lactones) is 1. The van der Waals surface area contributed by atoms with Gasteiger partial charge in [-0.1, -0.05) is 30.7 Å². The summed E-state index contributed by atoms with van der Waals surface area (Å²) < 4.78 is 11.1. The summed E-state index contributed by atoms with van der Waals surface area (Å²) >= 11 is 6.25. The van der Waals surface area contributed by atoms with E-state index < -0.39 is 5.54 Å². The molecule has 2 aromatic rings. The number of fused-ring (bicyclic) bond motifs is 1. The third kappa shape index (κ3) is 2.88. The molecule has 27 heavy (non-hydrogen) atoms. The Hall–Kier alpha value is -2.47. The summed E-state index contributed by atoms with van der Waals surface area (Å²) in [4.78, 5) is 28.7. The molecule has 1 atom stereocenters. The molecule has 6 nitrogen and oxygen atoms in total. The van der Waals surface area contributed by atoms with E-state index in [-0.39, 0.29) is 12.0 Å². The first kappa shape index (κ1) is 17.9. The maximum atomic E-state index is 13.2. The Labute approximate surface area is 162 Å². The first-order chi connectivity index (χ1) is 12.9. The maximum absolute atomic E-state index is 13.2. The molecule has 0 bridgehead atoms. The third-order valence-electron chi connectivity index (χ3n) is 5.57. The van der Waals surface area contributed by atoms with Crippen LogP contribution in [0.25, 0.3) is 11.3 Å². The van der Waals surface area contributed by atoms with Crippen molar-refractivity contribution in [2.75, 3.05) is 26.2 Å². The Morgan fingerprint density at radius 3 is 2.81 bits per heavy atom. The number of carbonyl (C=O) groups is 2. The minimum Gasteiger partial charge on any atom is -0.460 e. The molecule has 1 aromatic carbocycles. The first-order valence-corrected chi connectivity index (χ1v) is 9.42. The summed E-state index contributed by atoms with van der Waals surface area (Å²) in [5.41, 5.74) is 0.842. The number of carbonyl (C=O) groups excluding carboxylic acids is 2. The number of amides is 2. The largest absolute Gasteiger partial charge is 0.460 e. The lowest BCUT2D eigenvalue weighted by Crippen LogP contribution is -2.62. The Morgan fingerprint density at radius 1 is 1.30 bits per heavy atom. The fraction of sp³-hybridized carbons (Fsp3) is 0.400. The quantitative estimate of drug-likeness (QED) is 0.798. The topological polar surface area (TPSA) is 63.0 Å². The number of piperazine rings is 1. The molecule has 1 aromatic heterocycles. The highest BCUT2D eigenvalue weighted by Gasteiger charge is 2.50. The molecule has 142 valence electrons. The lowest BCUT2D eigenvalue weighted by molar-refractivity contribution is 0.0360. The Morgan fingerprint density at radius 2 is 2.07 bits per heavy atom. The van der Waals surface area contributed by atoms with Gasteiger partial charge in [0.05, 0.1) is 16.1 Å². The zero-order chi connectivity index (χ0) is 19.2. The van der Waals surface area contributed by atoms with Crippen molar-refractivity contribution in [1.29, 1.82) is 0 Å². The molecule has 4 rings (SSSR count). The molecule has 0 N–H and O–H groups in total. The fourth-order valence-electron chi connectivity index (χ4n) is 3.90. The molecular weight excluding hydrogens is 368 g/mol. The predicted octanol–water partition coefficient (Wildman–Crippen LogP) is 3.97. The van der Waals surface area contributed by atoms with Crippen molar-refractivity contribution < 1.29 is 18.7 Å². The van der Waals surface area contributed by atoms with Crippen LogP contribution in [0.5, 0.6) is 0 Å². The fourth-order valence-corrected chi connectivity index (χ4v) is 4.13. The first-order valence-electron chi connectivity index (χ1n) is 9.04. The van der Waals surface area contributed by atoms with Crippen molar-refractivity contribution >= 4 is 23.6 Å². The molecule has 7 heteroatoms. The maximum Gasteiger partial charge on any atom is 0.410 e. The van der Waals surface area contributed by atoms with Gasteiger partial charge >= 0.3 is 6.09 Å². The standard InChI is InChI=1S/C20H21ClN2O4/c1-3-20-11-22(8-9-23(20)19(25)26-12-20)18(24)15-10-17(27-13(15)2)14-6-4-5-7-16(14)21/h4-7,10H,3,8-9,11-12H2,1-2H3. The average molecular weight is 389 g/mol. The molecule has 1 unspecified atom stereocenters. The second-order valence-electron chi connectivity index (χ2n) is 7.07. The summed E-state index contributed by atoms with van der Waals surface area (Å²) in [7, 11) is 0. The molecule has 0 radical (unpaired) electrons. The van der Waals surface area contributed by atoms with Gasteiger partial charge in [0.25, 0.3) is 5.91 Å². The predicted molar refractivity (Wildman–Crippen MR) is 101 cm³/mol. The molecule has 2 fully saturated rings. The van der Waals surface area contributed by atoms with E-state index in [1.807, 2.05) is 25.1 Å². The summed E-state index contributed by atoms with van der Waals surface area (Å²) in [5.74, 6) is 1.03. The van der Waals surface area contributed by atoms with Crippen LogP contribution in [0.1, 0.15) is 29.5 Å². The highest BCUT2D eigenvalue weighted by atomic mass is 35.5. The van der Waals surface area contributed by atoms with E-state index in [0.717, 1.165) is 12.0 Å². The molecule has 0 aliphatic carbocycles. The molecular formula is C20H21ClN2O4. The number of hydrogen-bond donors (Lipinski definition) is 0. The van der Waals surface area contributed by atoms with E-state index in [9.17, 15) is 9.59 Å². The van der Waals surface area contributed by atoms with Crippen LogP contribution < -0.4 is 0 Å². The highest BCUT2D eigenvalue weighted by molar-refractivity contribution is 6.33.